The highest BCUT2D eigenvalue weighted by Crippen LogP contribution is 2.14. The van der Waals surface area contributed by atoms with Crippen molar-refractivity contribution in [2.75, 3.05) is 6.54 Å². The molecular weight excluding hydrogens is 212 g/mol. The number of benzene rings is 1. The predicted octanol–water partition coefficient (Wildman–Crippen LogP) is 1.38. The topological polar surface area (TPSA) is 68.2 Å². The van der Waals surface area contributed by atoms with Gasteiger partial charge in [-0.25, -0.2) is 5.01 Å². The third-order valence-corrected chi connectivity index (χ3v) is 2.46. The SMILES string of the molecule is C=C(N)CN(N)Cc1ccc2ncccc2c1. The van der Waals surface area contributed by atoms with Crippen molar-refractivity contribution in [1.82, 2.24) is 9.99 Å². The third-order valence-electron chi connectivity index (χ3n) is 2.46. The fourth-order valence-corrected chi connectivity index (χ4v) is 1.77. The minimum Gasteiger partial charge on any atom is -0.401 e. The number of hydrazine groups is 1. The molecule has 1 aromatic heterocycles. The molecule has 4 nitrogen and oxygen atoms in total. The molecule has 88 valence electrons. The first kappa shape index (κ1) is 11.6. The van der Waals surface area contributed by atoms with E-state index >= 15 is 0 Å². The van der Waals surface area contributed by atoms with E-state index in [2.05, 4.69) is 17.6 Å². The summed E-state index contributed by atoms with van der Waals surface area (Å²) >= 11 is 0. The van der Waals surface area contributed by atoms with Crippen molar-refractivity contribution in [2.24, 2.45) is 11.6 Å². The second-order valence-corrected chi connectivity index (χ2v) is 4.09. The van der Waals surface area contributed by atoms with Crippen LogP contribution in [0.15, 0.2) is 48.8 Å². The fourth-order valence-electron chi connectivity index (χ4n) is 1.77. The van der Waals surface area contributed by atoms with Gasteiger partial charge in [0.2, 0.25) is 0 Å². The van der Waals surface area contributed by atoms with Gasteiger partial charge in [-0.1, -0.05) is 18.7 Å². The molecule has 0 bridgehead atoms. The molecule has 2 rings (SSSR count). The summed E-state index contributed by atoms with van der Waals surface area (Å²) in [6.07, 6.45) is 1.79. The molecule has 0 spiro atoms. The van der Waals surface area contributed by atoms with Gasteiger partial charge in [-0.05, 0) is 23.8 Å². The van der Waals surface area contributed by atoms with Crippen LogP contribution < -0.4 is 11.6 Å². The summed E-state index contributed by atoms with van der Waals surface area (Å²) in [5.74, 6) is 5.83. The average Bonchev–Trinajstić information content (AvgIpc) is 2.27. The normalized spacial score (nSPS) is 10.9. The fraction of sp³-hybridized carbons (Fsp3) is 0.154. The maximum atomic E-state index is 5.83. The van der Waals surface area contributed by atoms with Gasteiger partial charge in [-0.3, -0.25) is 10.8 Å². The van der Waals surface area contributed by atoms with Crippen LogP contribution >= 0.6 is 0 Å². The predicted molar refractivity (Wildman–Crippen MR) is 69.7 cm³/mol. The number of pyridine rings is 1. The molecule has 17 heavy (non-hydrogen) atoms. The van der Waals surface area contributed by atoms with Crippen molar-refractivity contribution < 1.29 is 0 Å². The van der Waals surface area contributed by atoms with Crippen molar-refractivity contribution in [3.63, 3.8) is 0 Å². The molecule has 0 fully saturated rings. The van der Waals surface area contributed by atoms with Gasteiger partial charge in [0.25, 0.3) is 0 Å². The first-order chi connectivity index (χ1) is 8.15. The van der Waals surface area contributed by atoms with E-state index in [0.717, 1.165) is 16.5 Å². The van der Waals surface area contributed by atoms with E-state index in [4.69, 9.17) is 11.6 Å². The van der Waals surface area contributed by atoms with E-state index in [0.29, 0.717) is 18.8 Å². The van der Waals surface area contributed by atoms with Gasteiger partial charge < -0.3 is 5.73 Å². The van der Waals surface area contributed by atoms with Crippen molar-refractivity contribution in [3.05, 3.63) is 54.4 Å². The Morgan fingerprint density at radius 1 is 1.35 bits per heavy atom. The molecule has 0 radical (unpaired) electrons. The zero-order chi connectivity index (χ0) is 12.3. The molecule has 0 aliphatic heterocycles. The summed E-state index contributed by atoms with van der Waals surface area (Å²) in [7, 11) is 0. The Labute approximate surface area is 101 Å². The molecule has 4 heteroatoms. The van der Waals surface area contributed by atoms with Crippen molar-refractivity contribution in [3.8, 4) is 0 Å². The van der Waals surface area contributed by atoms with Gasteiger partial charge in [-0.15, -0.1) is 0 Å². The molecule has 0 atom stereocenters. The van der Waals surface area contributed by atoms with Gasteiger partial charge in [0, 0.05) is 23.8 Å². The highest BCUT2D eigenvalue weighted by atomic mass is 15.4. The number of hydrogen-bond acceptors (Lipinski definition) is 4. The van der Waals surface area contributed by atoms with Crippen LogP contribution in [-0.4, -0.2) is 16.5 Å². The van der Waals surface area contributed by atoms with Crippen LogP contribution in [-0.2, 0) is 6.54 Å². The maximum absolute atomic E-state index is 5.83. The first-order valence-corrected chi connectivity index (χ1v) is 5.42. The largest absolute Gasteiger partial charge is 0.401 e. The maximum Gasteiger partial charge on any atom is 0.0702 e. The highest BCUT2D eigenvalue weighted by molar-refractivity contribution is 5.78. The zero-order valence-corrected chi connectivity index (χ0v) is 9.63. The lowest BCUT2D eigenvalue weighted by atomic mass is 10.1. The number of nitrogens with zero attached hydrogens (tertiary/aromatic N) is 2. The van der Waals surface area contributed by atoms with Crippen molar-refractivity contribution in [1.29, 1.82) is 0 Å². The van der Waals surface area contributed by atoms with Gasteiger partial charge in [0.15, 0.2) is 0 Å². The highest BCUT2D eigenvalue weighted by Gasteiger charge is 2.02. The Bertz CT molecular complexity index is 536. The van der Waals surface area contributed by atoms with Crippen LogP contribution in [0.25, 0.3) is 10.9 Å². The Morgan fingerprint density at radius 3 is 2.94 bits per heavy atom. The zero-order valence-electron chi connectivity index (χ0n) is 9.63. The van der Waals surface area contributed by atoms with Crippen molar-refractivity contribution >= 4 is 10.9 Å². The molecule has 0 saturated heterocycles. The van der Waals surface area contributed by atoms with Crippen LogP contribution in [0.4, 0.5) is 0 Å². The summed E-state index contributed by atoms with van der Waals surface area (Å²) < 4.78 is 0. The first-order valence-electron chi connectivity index (χ1n) is 5.42. The van der Waals surface area contributed by atoms with Crippen LogP contribution in [0.3, 0.4) is 0 Å². The van der Waals surface area contributed by atoms with E-state index < -0.39 is 0 Å². The summed E-state index contributed by atoms with van der Waals surface area (Å²) in [6, 6.07) is 10.1. The lowest BCUT2D eigenvalue weighted by Crippen LogP contribution is -2.33. The molecule has 0 unspecified atom stereocenters. The second-order valence-electron chi connectivity index (χ2n) is 4.09. The summed E-state index contributed by atoms with van der Waals surface area (Å²) in [5.41, 5.74) is 8.20. The van der Waals surface area contributed by atoms with Gasteiger partial charge >= 0.3 is 0 Å². The number of hydrogen-bond donors (Lipinski definition) is 2. The van der Waals surface area contributed by atoms with Crippen LogP contribution in [0.2, 0.25) is 0 Å². The quantitative estimate of drug-likeness (QED) is 0.613. The van der Waals surface area contributed by atoms with Crippen molar-refractivity contribution in [2.45, 2.75) is 6.54 Å². The number of aromatic nitrogens is 1. The number of rotatable bonds is 4. The monoisotopic (exact) mass is 228 g/mol. The van der Waals surface area contributed by atoms with E-state index in [1.54, 1.807) is 11.2 Å². The smallest absolute Gasteiger partial charge is 0.0702 e. The molecular formula is C13H16N4. The minimum absolute atomic E-state index is 0.491. The van der Waals surface area contributed by atoms with E-state index in [-0.39, 0.29) is 0 Å². The van der Waals surface area contributed by atoms with Crippen LogP contribution in [0, 0.1) is 0 Å². The summed E-state index contributed by atoms with van der Waals surface area (Å²) in [6.45, 7) is 4.76. The number of nitrogens with two attached hydrogens (primary N) is 2. The molecule has 0 amide bonds. The average molecular weight is 228 g/mol. The molecule has 0 aliphatic carbocycles. The lowest BCUT2D eigenvalue weighted by molar-refractivity contribution is 0.299. The standard InChI is InChI=1S/C13H16N4/c1-10(14)8-17(15)9-11-4-5-13-12(7-11)3-2-6-16-13/h2-7H,1,8-9,14-15H2. The molecule has 0 aliphatic rings. The van der Waals surface area contributed by atoms with E-state index in [1.807, 2.05) is 24.3 Å². The lowest BCUT2D eigenvalue weighted by Gasteiger charge is -2.16. The molecule has 2 aromatic rings. The molecule has 1 heterocycles. The van der Waals surface area contributed by atoms with E-state index in [1.165, 1.54) is 0 Å². The summed E-state index contributed by atoms with van der Waals surface area (Å²) in [5, 5.41) is 2.75. The Kier molecular flexibility index (Phi) is 3.37. The molecule has 0 saturated carbocycles. The molecule has 1 aromatic carbocycles. The number of fused-ring (bicyclic) bond motifs is 1. The van der Waals surface area contributed by atoms with Gasteiger partial charge in [-0.2, -0.15) is 0 Å². The van der Waals surface area contributed by atoms with Crippen LogP contribution in [0.5, 0.6) is 0 Å². The van der Waals surface area contributed by atoms with Gasteiger partial charge in [0.05, 0.1) is 12.1 Å². The summed E-state index contributed by atoms with van der Waals surface area (Å²) in [4.78, 5) is 4.27. The molecule has 4 N–H and O–H groups in total. The van der Waals surface area contributed by atoms with E-state index in [9.17, 15) is 0 Å². The van der Waals surface area contributed by atoms with Gasteiger partial charge in [0.1, 0.15) is 0 Å². The minimum atomic E-state index is 0.491. The Balaban J connectivity index is 2.16. The Morgan fingerprint density at radius 2 is 2.18 bits per heavy atom. The van der Waals surface area contributed by atoms with Crippen LogP contribution in [0.1, 0.15) is 5.56 Å². The second kappa shape index (κ2) is 4.95. The third kappa shape index (κ3) is 3.03. The Hall–Kier alpha value is -1.91.